The molecule has 0 radical (unpaired) electrons. The van der Waals surface area contributed by atoms with E-state index in [0.717, 1.165) is 5.76 Å². The van der Waals surface area contributed by atoms with Gasteiger partial charge in [-0.15, -0.1) is 5.54 Å². The van der Waals surface area contributed by atoms with E-state index in [0.29, 0.717) is 22.4 Å². The van der Waals surface area contributed by atoms with Gasteiger partial charge in [-0.2, -0.15) is 13.2 Å². The molecule has 0 aromatic carbocycles. The summed E-state index contributed by atoms with van der Waals surface area (Å²) >= 11 is 0. The highest BCUT2D eigenvalue weighted by molar-refractivity contribution is 6.90. The van der Waals surface area contributed by atoms with Crippen LogP contribution in [0.1, 0.15) is 59.5 Å². The van der Waals surface area contributed by atoms with Crippen molar-refractivity contribution in [3.63, 3.8) is 0 Å². The number of halogens is 3. The maximum atomic E-state index is 13.5. The van der Waals surface area contributed by atoms with Crippen LogP contribution in [0.4, 0.5) is 13.2 Å². The molecule has 0 aliphatic heterocycles. The van der Waals surface area contributed by atoms with Gasteiger partial charge >= 0.3 is 6.18 Å². The Labute approximate surface area is 151 Å². The van der Waals surface area contributed by atoms with Gasteiger partial charge in [0.05, 0.1) is 0 Å². The van der Waals surface area contributed by atoms with Crippen molar-refractivity contribution in [2.45, 2.75) is 84.1 Å². The lowest BCUT2D eigenvalue weighted by atomic mass is 10.0. The zero-order chi connectivity index (χ0) is 19.4. The first-order valence-corrected chi connectivity index (χ1v) is 11.3. The predicted octanol–water partition coefficient (Wildman–Crippen LogP) is 6.92. The first kappa shape index (κ1) is 21.9. The third kappa shape index (κ3) is 5.41. The second-order valence-corrected chi connectivity index (χ2v) is 13.4. The molecular weight excluding hydrogens is 341 g/mol. The second kappa shape index (κ2) is 8.49. The summed E-state index contributed by atoms with van der Waals surface area (Å²) in [6.07, 6.45) is -4.10. The van der Waals surface area contributed by atoms with E-state index < -0.39 is 20.2 Å². The molecular formula is C20H31F3OSi. The largest absolute Gasteiger partial charge is 0.466 e. The van der Waals surface area contributed by atoms with Crippen LogP contribution >= 0.6 is 0 Å². The fraction of sp³-hybridized carbons (Fsp3) is 0.700. The van der Waals surface area contributed by atoms with Gasteiger partial charge in [-0.05, 0) is 42.1 Å². The normalized spacial score (nSPS) is 14.1. The Morgan fingerprint density at radius 1 is 1.00 bits per heavy atom. The van der Waals surface area contributed by atoms with Crippen molar-refractivity contribution in [1.29, 1.82) is 0 Å². The highest BCUT2D eigenvalue weighted by Gasteiger charge is 2.43. The summed E-state index contributed by atoms with van der Waals surface area (Å²) in [5.74, 6) is 2.38. The smallest absolute Gasteiger partial charge is 0.402 e. The van der Waals surface area contributed by atoms with E-state index in [9.17, 15) is 13.2 Å². The van der Waals surface area contributed by atoms with Crippen molar-refractivity contribution in [1.82, 2.24) is 0 Å². The maximum Gasteiger partial charge on any atom is 0.402 e. The third-order valence-corrected chi connectivity index (χ3v) is 11.5. The first-order valence-electron chi connectivity index (χ1n) is 9.06. The zero-order valence-electron chi connectivity index (χ0n) is 16.4. The van der Waals surface area contributed by atoms with Gasteiger partial charge in [0.2, 0.25) is 0 Å². The molecule has 1 rings (SSSR count). The molecule has 1 atom stereocenters. The van der Waals surface area contributed by atoms with Gasteiger partial charge in [0.25, 0.3) is 0 Å². The molecule has 1 nitrogen and oxygen atoms in total. The van der Waals surface area contributed by atoms with Gasteiger partial charge in [-0.3, -0.25) is 0 Å². The predicted molar refractivity (Wildman–Crippen MR) is 100 cm³/mol. The van der Waals surface area contributed by atoms with Crippen LogP contribution in [-0.4, -0.2) is 14.3 Å². The molecule has 0 aliphatic carbocycles. The van der Waals surface area contributed by atoms with Crippen LogP contribution in [0.25, 0.3) is 0 Å². The molecule has 142 valence electrons. The fourth-order valence-corrected chi connectivity index (χ4v) is 9.16. The van der Waals surface area contributed by atoms with Crippen molar-refractivity contribution in [2.24, 2.45) is 5.92 Å². The number of aryl methyl sites for hydroxylation is 2. The number of rotatable bonds is 6. The second-order valence-electron chi connectivity index (χ2n) is 7.81. The topological polar surface area (TPSA) is 13.1 Å². The molecule has 1 heterocycles. The van der Waals surface area contributed by atoms with Crippen LogP contribution in [0.3, 0.4) is 0 Å². The molecule has 0 saturated heterocycles. The van der Waals surface area contributed by atoms with Crippen molar-refractivity contribution in [3.05, 3.63) is 23.7 Å². The monoisotopic (exact) mass is 372 g/mol. The minimum absolute atomic E-state index is 0.0534. The SMILES string of the molecule is Cc1ccc(CC[C@H](C#C[Si](C(C)C)(C(C)C)C(C)C)C(F)(F)F)o1. The highest BCUT2D eigenvalue weighted by Crippen LogP contribution is 2.41. The summed E-state index contributed by atoms with van der Waals surface area (Å²) < 4.78 is 45.9. The average molecular weight is 373 g/mol. The summed E-state index contributed by atoms with van der Waals surface area (Å²) in [4.78, 5) is 0. The Hall–Kier alpha value is -1.15. The molecule has 0 fully saturated rings. The van der Waals surface area contributed by atoms with E-state index in [4.69, 9.17) is 4.42 Å². The van der Waals surface area contributed by atoms with Crippen LogP contribution in [0.2, 0.25) is 16.6 Å². The van der Waals surface area contributed by atoms with Gasteiger partial charge < -0.3 is 4.42 Å². The molecule has 25 heavy (non-hydrogen) atoms. The van der Waals surface area contributed by atoms with Gasteiger partial charge in [0, 0.05) is 6.42 Å². The molecule has 0 aliphatic rings. The number of furan rings is 1. The minimum Gasteiger partial charge on any atom is -0.466 e. The number of hydrogen-bond donors (Lipinski definition) is 0. The molecule has 1 aromatic heterocycles. The Morgan fingerprint density at radius 2 is 1.52 bits per heavy atom. The van der Waals surface area contributed by atoms with Crippen molar-refractivity contribution in [3.8, 4) is 11.5 Å². The van der Waals surface area contributed by atoms with Gasteiger partial charge in [0.1, 0.15) is 25.5 Å². The van der Waals surface area contributed by atoms with E-state index in [2.05, 4.69) is 53.0 Å². The first-order chi connectivity index (χ1) is 11.4. The molecule has 0 saturated carbocycles. The standard InChI is InChI=1S/C20H31F3OSi/c1-14(2)25(15(3)4,16(5)6)13-12-18(20(21,22)23)9-11-19-10-8-17(7)24-19/h8,10,14-16,18H,9,11H2,1-7H3/t18-/m1/s1. The zero-order valence-corrected chi connectivity index (χ0v) is 17.4. The highest BCUT2D eigenvalue weighted by atomic mass is 28.3. The van der Waals surface area contributed by atoms with Crippen molar-refractivity contribution < 1.29 is 17.6 Å². The lowest BCUT2D eigenvalue weighted by Crippen LogP contribution is -2.43. The number of hydrogen-bond acceptors (Lipinski definition) is 1. The quantitative estimate of drug-likeness (QED) is 0.390. The third-order valence-electron chi connectivity index (χ3n) is 5.20. The van der Waals surface area contributed by atoms with E-state index in [1.165, 1.54) is 0 Å². The summed E-state index contributed by atoms with van der Waals surface area (Å²) in [5, 5.41) is 0. The molecule has 0 N–H and O–H groups in total. The van der Waals surface area contributed by atoms with Crippen molar-refractivity contribution >= 4 is 8.07 Å². The summed E-state index contributed by atoms with van der Waals surface area (Å²) in [6, 6.07) is 3.52. The lowest BCUT2D eigenvalue weighted by molar-refractivity contribution is -0.159. The Kier molecular flexibility index (Phi) is 7.43. The Morgan fingerprint density at radius 3 is 1.88 bits per heavy atom. The molecule has 5 heteroatoms. The summed E-state index contributed by atoms with van der Waals surface area (Å²) in [7, 11) is -2.16. The van der Waals surface area contributed by atoms with Gasteiger partial charge in [-0.25, -0.2) is 0 Å². The average Bonchev–Trinajstić information content (AvgIpc) is 2.85. The van der Waals surface area contributed by atoms with Gasteiger partial charge in [0.15, 0.2) is 0 Å². The van der Waals surface area contributed by atoms with E-state index in [1.54, 1.807) is 19.1 Å². The maximum absolute atomic E-state index is 13.5. The van der Waals surface area contributed by atoms with Crippen LogP contribution in [0, 0.1) is 24.3 Å². The Bertz CT molecular complexity index is 581. The molecule has 1 aromatic rings. The minimum atomic E-state index is -4.31. The van der Waals surface area contributed by atoms with Gasteiger partial charge in [-0.1, -0.05) is 47.5 Å². The van der Waals surface area contributed by atoms with Crippen molar-refractivity contribution in [2.75, 3.05) is 0 Å². The fourth-order valence-electron chi connectivity index (χ4n) is 3.87. The lowest BCUT2D eigenvalue weighted by Gasteiger charge is -2.38. The number of alkyl halides is 3. The molecule has 0 spiro atoms. The van der Waals surface area contributed by atoms with Crippen LogP contribution < -0.4 is 0 Å². The van der Waals surface area contributed by atoms with E-state index in [1.807, 2.05) is 0 Å². The molecule has 0 amide bonds. The molecule has 0 bridgehead atoms. The summed E-state index contributed by atoms with van der Waals surface area (Å²) in [5.41, 5.74) is 4.18. The van der Waals surface area contributed by atoms with Crippen LogP contribution in [-0.2, 0) is 6.42 Å². The van der Waals surface area contributed by atoms with E-state index in [-0.39, 0.29) is 12.8 Å². The van der Waals surface area contributed by atoms with E-state index >= 15 is 0 Å². The van der Waals surface area contributed by atoms with Crippen LogP contribution in [0.15, 0.2) is 16.5 Å². The summed E-state index contributed by atoms with van der Waals surface area (Å²) in [6.45, 7) is 14.4. The Balaban J connectivity index is 3.10. The molecule has 0 unspecified atom stereocenters. The van der Waals surface area contributed by atoms with Crippen LogP contribution in [0.5, 0.6) is 0 Å².